The molecule has 2 heterocycles. The Balaban J connectivity index is 1.73. The SMILES string of the molecule is COCC(C)(O)C(=O)N1CC(C)(c2nnc(-c3ccccc3F)o2)C1. The average Bonchev–Trinajstić information content (AvgIpc) is 3.01. The molecule has 1 N–H and O–H groups in total. The van der Waals surface area contributed by atoms with Crippen molar-refractivity contribution in [3.05, 3.63) is 36.0 Å². The van der Waals surface area contributed by atoms with Crippen LogP contribution in [0.25, 0.3) is 11.5 Å². The van der Waals surface area contributed by atoms with E-state index in [-0.39, 0.29) is 18.1 Å². The number of methoxy groups -OCH3 is 1. The number of aromatic nitrogens is 2. The molecular formula is C17H20FN3O4. The number of benzene rings is 1. The summed E-state index contributed by atoms with van der Waals surface area (Å²) in [5.74, 6) is -0.420. The van der Waals surface area contributed by atoms with Crippen molar-refractivity contribution in [2.24, 2.45) is 0 Å². The number of carbonyl (C=O) groups is 1. The Bertz CT molecular complexity index is 784. The Morgan fingerprint density at radius 3 is 2.76 bits per heavy atom. The molecule has 1 amide bonds. The van der Waals surface area contributed by atoms with Crippen molar-refractivity contribution in [3.8, 4) is 11.5 Å². The monoisotopic (exact) mass is 349 g/mol. The molecule has 0 radical (unpaired) electrons. The van der Waals surface area contributed by atoms with E-state index in [4.69, 9.17) is 9.15 Å². The summed E-state index contributed by atoms with van der Waals surface area (Å²) in [5.41, 5.74) is -1.88. The first kappa shape index (κ1) is 17.5. The van der Waals surface area contributed by atoms with Crippen molar-refractivity contribution in [2.75, 3.05) is 26.8 Å². The van der Waals surface area contributed by atoms with Crippen LogP contribution in [0.5, 0.6) is 0 Å². The van der Waals surface area contributed by atoms with Gasteiger partial charge in [0.15, 0.2) is 5.60 Å². The van der Waals surface area contributed by atoms with Crippen LogP contribution in [-0.2, 0) is 14.9 Å². The fraction of sp³-hybridized carbons (Fsp3) is 0.471. The predicted octanol–water partition coefficient (Wildman–Crippen LogP) is 1.37. The summed E-state index contributed by atoms with van der Waals surface area (Å²) in [6.07, 6.45) is 0. The lowest BCUT2D eigenvalue weighted by atomic mass is 9.80. The van der Waals surface area contributed by atoms with Crippen molar-refractivity contribution < 1.29 is 23.4 Å². The topological polar surface area (TPSA) is 88.7 Å². The van der Waals surface area contributed by atoms with E-state index in [9.17, 15) is 14.3 Å². The molecule has 1 aliphatic rings. The van der Waals surface area contributed by atoms with Gasteiger partial charge in [-0.15, -0.1) is 10.2 Å². The normalized spacial score (nSPS) is 18.5. The molecule has 134 valence electrons. The van der Waals surface area contributed by atoms with Crippen molar-refractivity contribution in [3.63, 3.8) is 0 Å². The molecule has 2 aromatic rings. The highest BCUT2D eigenvalue weighted by Gasteiger charge is 2.50. The minimum absolute atomic E-state index is 0.0863. The maximum Gasteiger partial charge on any atom is 0.256 e. The fourth-order valence-electron chi connectivity index (χ4n) is 2.97. The molecule has 1 saturated heterocycles. The summed E-state index contributed by atoms with van der Waals surface area (Å²) in [6.45, 7) is 3.85. The Morgan fingerprint density at radius 2 is 2.12 bits per heavy atom. The summed E-state index contributed by atoms with van der Waals surface area (Å²) in [5, 5.41) is 18.1. The van der Waals surface area contributed by atoms with Gasteiger partial charge >= 0.3 is 0 Å². The summed E-state index contributed by atoms with van der Waals surface area (Å²) >= 11 is 0. The Hall–Kier alpha value is -2.32. The van der Waals surface area contributed by atoms with E-state index in [1.54, 1.807) is 18.2 Å². The molecule has 1 aromatic carbocycles. The zero-order valence-electron chi connectivity index (χ0n) is 14.3. The summed E-state index contributed by atoms with van der Waals surface area (Å²) in [7, 11) is 1.42. The molecule has 0 aliphatic carbocycles. The number of hydrogen-bond donors (Lipinski definition) is 1. The van der Waals surface area contributed by atoms with E-state index in [1.165, 1.54) is 25.0 Å². The van der Waals surface area contributed by atoms with Crippen LogP contribution < -0.4 is 0 Å². The average molecular weight is 349 g/mol. The van der Waals surface area contributed by atoms with Crippen LogP contribution in [0.4, 0.5) is 4.39 Å². The van der Waals surface area contributed by atoms with E-state index >= 15 is 0 Å². The van der Waals surface area contributed by atoms with Crippen LogP contribution in [0, 0.1) is 5.82 Å². The van der Waals surface area contributed by atoms with Crippen LogP contribution in [-0.4, -0.2) is 58.5 Å². The number of carbonyl (C=O) groups excluding carboxylic acids is 1. The van der Waals surface area contributed by atoms with Gasteiger partial charge in [-0.2, -0.15) is 0 Å². The van der Waals surface area contributed by atoms with Crippen LogP contribution in [0.2, 0.25) is 0 Å². The minimum atomic E-state index is -1.58. The number of rotatable bonds is 5. The van der Waals surface area contributed by atoms with Gasteiger partial charge in [-0.3, -0.25) is 4.79 Å². The molecule has 1 fully saturated rings. The first-order valence-corrected chi connectivity index (χ1v) is 7.86. The zero-order chi connectivity index (χ0) is 18.2. The van der Waals surface area contributed by atoms with Crippen LogP contribution in [0.15, 0.2) is 28.7 Å². The summed E-state index contributed by atoms with van der Waals surface area (Å²) in [6, 6.07) is 6.15. The molecule has 0 spiro atoms. The van der Waals surface area contributed by atoms with Gasteiger partial charge in [0.1, 0.15) is 5.82 Å². The van der Waals surface area contributed by atoms with Gasteiger partial charge in [-0.1, -0.05) is 12.1 Å². The third-order valence-corrected chi connectivity index (χ3v) is 4.30. The lowest BCUT2D eigenvalue weighted by Gasteiger charge is -2.47. The van der Waals surface area contributed by atoms with E-state index in [1.807, 2.05) is 6.92 Å². The molecule has 3 rings (SSSR count). The van der Waals surface area contributed by atoms with Gasteiger partial charge in [0, 0.05) is 20.2 Å². The van der Waals surface area contributed by atoms with Gasteiger partial charge in [0.25, 0.3) is 11.8 Å². The molecule has 7 nitrogen and oxygen atoms in total. The third kappa shape index (κ3) is 3.14. The first-order valence-electron chi connectivity index (χ1n) is 7.86. The summed E-state index contributed by atoms with van der Waals surface area (Å²) in [4.78, 5) is 13.8. The second-order valence-electron chi connectivity index (χ2n) is 6.82. The Kier molecular flexibility index (Phi) is 4.34. The molecule has 1 aromatic heterocycles. The molecular weight excluding hydrogens is 329 g/mol. The molecule has 1 unspecified atom stereocenters. The second-order valence-corrected chi connectivity index (χ2v) is 6.82. The Morgan fingerprint density at radius 1 is 1.44 bits per heavy atom. The highest BCUT2D eigenvalue weighted by molar-refractivity contribution is 5.85. The van der Waals surface area contributed by atoms with E-state index in [0.29, 0.717) is 19.0 Å². The third-order valence-electron chi connectivity index (χ3n) is 4.30. The van der Waals surface area contributed by atoms with Gasteiger partial charge in [-0.05, 0) is 26.0 Å². The lowest BCUT2D eigenvalue weighted by molar-refractivity contribution is -0.162. The van der Waals surface area contributed by atoms with Crippen LogP contribution in [0.3, 0.4) is 0 Å². The van der Waals surface area contributed by atoms with Crippen LogP contribution in [0.1, 0.15) is 19.7 Å². The molecule has 8 heteroatoms. The van der Waals surface area contributed by atoms with Crippen molar-refractivity contribution in [1.82, 2.24) is 15.1 Å². The maximum absolute atomic E-state index is 13.8. The van der Waals surface area contributed by atoms with Crippen molar-refractivity contribution >= 4 is 5.91 Å². The van der Waals surface area contributed by atoms with E-state index < -0.39 is 22.7 Å². The molecule has 0 bridgehead atoms. The summed E-state index contributed by atoms with van der Waals surface area (Å²) < 4.78 is 24.3. The lowest BCUT2D eigenvalue weighted by Crippen LogP contribution is -2.64. The fourth-order valence-corrected chi connectivity index (χ4v) is 2.97. The largest absolute Gasteiger partial charge is 0.420 e. The number of aliphatic hydroxyl groups is 1. The molecule has 0 saturated carbocycles. The van der Waals surface area contributed by atoms with Gasteiger partial charge in [0.2, 0.25) is 5.89 Å². The van der Waals surface area contributed by atoms with Crippen molar-refractivity contribution in [1.29, 1.82) is 0 Å². The molecule has 1 aliphatic heterocycles. The van der Waals surface area contributed by atoms with E-state index in [2.05, 4.69) is 10.2 Å². The quantitative estimate of drug-likeness (QED) is 0.877. The van der Waals surface area contributed by atoms with Crippen molar-refractivity contribution in [2.45, 2.75) is 24.9 Å². The highest BCUT2D eigenvalue weighted by atomic mass is 19.1. The second kappa shape index (κ2) is 6.20. The molecule has 1 atom stereocenters. The number of likely N-dealkylation sites (tertiary alicyclic amines) is 1. The van der Waals surface area contributed by atoms with Gasteiger partial charge in [0.05, 0.1) is 17.6 Å². The van der Waals surface area contributed by atoms with E-state index in [0.717, 1.165) is 0 Å². The zero-order valence-corrected chi connectivity index (χ0v) is 14.3. The first-order chi connectivity index (χ1) is 11.8. The minimum Gasteiger partial charge on any atom is -0.420 e. The number of ether oxygens (including phenoxy) is 1. The number of amides is 1. The Labute approximate surface area is 144 Å². The van der Waals surface area contributed by atoms with Crippen LogP contribution >= 0.6 is 0 Å². The smallest absolute Gasteiger partial charge is 0.256 e. The maximum atomic E-state index is 13.8. The number of halogens is 1. The van der Waals surface area contributed by atoms with Gasteiger partial charge in [-0.25, -0.2) is 4.39 Å². The van der Waals surface area contributed by atoms with Gasteiger partial charge < -0.3 is 19.2 Å². The standard InChI is InChI=1S/C17H20FN3O4/c1-16(8-21(9-16)15(22)17(2,23)10-24-3)14-20-19-13(25-14)11-6-4-5-7-12(11)18/h4-7,23H,8-10H2,1-3H3. The highest BCUT2D eigenvalue weighted by Crippen LogP contribution is 2.36. The number of nitrogens with zero attached hydrogens (tertiary/aromatic N) is 3. The number of hydrogen-bond acceptors (Lipinski definition) is 6. The predicted molar refractivity (Wildman–Crippen MR) is 86.1 cm³/mol. The molecule has 25 heavy (non-hydrogen) atoms.